The summed E-state index contributed by atoms with van der Waals surface area (Å²) in [7, 11) is 0. The lowest BCUT2D eigenvalue weighted by atomic mass is 10.0. The van der Waals surface area contributed by atoms with Crippen LogP contribution in [0.1, 0.15) is 78.9 Å². The fourth-order valence-corrected chi connectivity index (χ4v) is 10.8. The summed E-state index contributed by atoms with van der Waals surface area (Å²) in [6.45, 7) is 15.3. The molecule has 4 N–H and O–H groups in total. The molecular weight excluding hydrogens is 1070 g/mol. The number of carbonyl (C=O) groups excluding carboxylic acids is 4. The number of aromatic nitrogens is 3. The van der Waals surface area contributed by atoms with Crippen LogP contribution in [0.3, 0.4) is 0 Å². The van der Waals surface area contributed by atoms with Crippen molar-refractivity contribution in [3.8, 4) is 27.4 Å². The van der Waals surface area contributed by atoms with Gasteiger partial charge < -0.3 is 59.4 Å². The van der Waals surface area contributed by atoms with E-state index in [-0.39, 0.29) is 62.3 Å². The van der Waals surface area contributed by atoms with Gasteiger partial charge in [-0.25, -0.2) is 9.97 Å². The number of morpholine rings is 1. The summed E-state index contributed by atoms with van der Waals surface area (Å²) in [5.74, 6) is -1.81. The zero-order valence-electron chi connectivity index (χ0n) is 46.3. The molecule has 0 spiro atoms. The molecule has 436 valence electrons. The highest BCUT2D eigenvalue weighted by Gasteiger charge is 2.42. The minimum absolute atomic E-state index is 0.0258. The van der Waals surface area contributed by atoms with Crippen LogP contribution in [0.25, 0.3) is 21.6 Å². The zero-order chi connectivity index (χ0) is 57.6. The number of amides is 4. The number of aliphatic hydroxyl groups is 1. The van der Waals surface area contributed by atoms with Crippen LogP contribution in [0.2, 0.25) is 0 Å². The van der Waals surface area contributed by atoms with E-state index in [1.54, 1.807) is 37.4 Å². The summed E-state index contributed by atoms with van der Waals surface area (Å²) >= 11 is 1.57. The summed E-state index contributed by atoms with van der Waals surface area (Å²) in [4.78, 5) is 74.0. The molecule has 3 aromatic heterocycles. The first-order valence-electron chi connectivity index (χ1n) is 27.4. The highest BCUT2D eigenvalue weighted by atomic mass is 32.1. The number of rotatable bonds is 24. The molecule has 2 unspecified atom stereocenters. The summed E-state index contributed by atoms with van der Waals surface area (Å²) in [6, 6.07) is 13.7. The summed E-state index contributed by atoms with van der Waals surface area (Å²) in [5, 5.41) is 19.1. The quantitative estimate of drug-likeness (QED) is 0.0464. The van der Waals surface area contributed by atoms with E-state index in [1.807, 2.05) is 56.6 Å². The van der Waals surface area contributed by atoms with E-state index in [2.05, 4.69) is 35.7 Å². The summed E-state index contributed by atoms with van der Waals surface area (Å²) in [6.07, 6.45) is -0.718. The number of carbonyl (C=O) groups is 4. The van der Waals surface area contributed by atoms with Crippen molar-refractivity contribution in [1.29, 1.82) is 0 Å². The van der Waals surface area contributed by atoms with Crippen molar-refractivity contribution in [3.63, 3.8) is 0 Å². The smallest absolute Gasteiger partial charge is 0.416 e. The molecule has 3 saturated heterocycles. The number of ether oxygens (including phenoxy) is 5. The van der Waals surface area contributed by atoms with Crippen LogP contribution < -0.4 is 25.6 Å². The molecule has 0 saturated carbocycles. The predicted molar refractivity (Wildman–Crippen MR) is 299 cm³/mol. The lowest BCUT2D eigenvalue weighted by Crippen LogP contribution is -2.55. The Hall–Kier alpha value is -6.60. The number of anilines is 2. The van der Waals surface area contributed by atoms with E-state index >= 15 is 0 Å². The molecule has 0 radical (unpaired) electrons. The SMILES string of the molecule is Cc1ncc(NC(=O)c2cccc(C(F)(F)F)c2)cc1-c1cnc(OC2CCN(CCOCCOCCOCC(=O)NC(C(=O)N3C[C@H](O)C[C@H]3C(=O)NC(C)c3ccc(-c4scnc4C)cc3)C(C)C)CC2)c(N2CCOCC2)c1. The number of pyridine rings is 2. The summed E-state index contributed by atoms with van der Waals surface area (Å²) in [5.41, 5.74) is 6.87. The summed E-state index contributed by atoms with van der Waals surface area (Å²) < 4.78 is 69.3. The van der Waals surface area contributed by atoms with E-state index in [0.717, 1.165) is 77.6 Å². The van der Waals surface area contributed by atoms with Gasteiger partial charge in [-0.2, -0.15) is 13.2 Å². The standard InChI is InChI=1S/C58H72F3N9O10S/c1-36(2)52(57(75)70-33-46(71)30-49(70)55(74)65-37(3)40-9-11-41(12-10-40)53-39(5)64-35-81-53)67-51(72)34-79-26-25-78-24-23-77-20-17-68-15-13-47(14-16-68)80-56-50(69-18-21-76-22-19-69)28-43(31-63-56)48-29-45(32-62-38(48)4)66-54(73)42-7-6-8-44(27-42)58(59,60)61/h6-12,27-29,31-32,35-37,46-47,49,52,71H,13-26,30,33-34H2,1-5H3,(H,65,74)(H,66,73)(H,67,72)/t37?,46-,49+,52?/m1/s1. The molecule has 3 aliphatic heterocycles. The van der Waals surface area contributed by atoms with E-state index in [9.17, 15) is 37.5 Å². The number of hydrogen-bond acceptors (Lipinski definition) is 16. The predicted octanol–water partition coefficient (Wildman–Crippen LogP) is 6.86. The molecule has 81 heavy (non-hydrogen) atoms. The Labute approximate surface area is 473 Å². The first-order chi connectivity index (χ1) is 38.9. The van der Waals surface area contributed by atoms with Crippen molar-refractivity contribution in [2.24, 2.45) is 5.92 Å². The Kier molecular flexibility index (Phi) is 21.2. The molecule has 4 atom stereocenters. The molecule has 3 fully saturated rings. The number of piperidine rings is 1. The average Bonchev–Trinajstić information content (AvgIpc) is 4.18. The number of likely N-dealkylation sites (tertiary alicyclic amines) is 2. The number of β-amino-alcohol motifs (C(OH)–C–C–N with tert-alkyl or cyclic N) is 1. The van der Waals surface area contributed by atoms with E-state index in [4.69, 9.17) is 28.7 Å². The van der Waals surface area contributed by atoms with Gasteiger partial charge in [0.15, 0.2) is 0 Å². The van der Waals surface area contributed by atoms with Crippen molar-refractivity contribution in [3.05, 3.63) is 107 Å². The van der Waals surface area contributed by atoms with E-state index in [0.29, 0.717) is 68.9 Å². The molecule has 6 heterocycles. The van der Waals surface area contributed by atoms with Gasteiger partial charge in [0.05, 0.1) is 91.9 Å². The fraction of sp³-hybridized carbons (Fsp3) is 0.500. The maximum atomic E-state index is 13.9. The lowest BCUT2D eigenvalue weighted by Gasteiger charge is -2.34. The van der Waals surface area contributed by atoms with Gasteiger partial charge in [-0.3, -0.25) is 24.2 Å². The second-order valence-corrected chi connectivity index (χ2v) is 21.6. The van der Waals surface area contributed by atoms with Crippen LogP contribution >= 0.6 is 11.3 Å². The molecule has 8 rings (SSSR count). The Morgan fingerprint density at radius 2 is 1.54 bits per heavy atom. The molecule has 0 aliphatic carbocycles. The third kappa shape index (κ3) is 16.5. The van der Waals surface area contributed by atoms with Gasteiger partial charge in [0, 0.05) is 74.3 Å². The monoisotopic (exact) mass is 1140 g/mol. The number of halogens is 3. The normalized spacial score (nSPS) is 18.0. The molecule has 23 heteroatoms. The highest BCUT2D eigenvalue weighted by Crippen LogP contribution is 2.36. The number of aliphatic hydroxyl groups excluding tert-OH is 1. The average molecular weight is 1140 g/mol. The fourth-order valence-electron chi connectivity index (χ4n) is 9.96. The number of hydrogen-bond donors (Lipinski definition) is 4. The largest absolute Gasteiger partial charge is 0.473 e. The third-order valence-electron chi connectivity index (χ3n) is 14.5. The van der Waals surface area contributed by atoms with Crippen molar-refractivity contribution in [1.82, 2.24) is 35.4 Å². The van der Waals surface area contributed by atoms with Gasteiger partial charge >= 0.3 is 6.18 Å². The zero-order valence-corrected chi connectivity index (χ0v) is 47.2. The van der Waals surface area contributed by atoms with E-state index < -0.39 is 47.6 Å². The maximum Gasteiger partial charge on any atom is 0.416 e. The van der Waals surface area contributed by atoms with Crippen molar-refractivity contribution < 1.29 is 61.1 Å². The maximum absolute atomic E-state index is 13.9. The molecule has 3 aliphatic rings. The molecule has 4 amide bonds. The van der Waals surface area contributed by atoms with Crippen LogP contribution in [-0.2, 0) is 39.5 Å². The van der Waals surface area contributed by atoms with Gasteiger partial charge in [-0.05, 0) is 81.0 Å². The van der Waals surface area contributed by atoms with Crippen molar-refractivity contribution in [2.75, 3.05) is 102 Å². The number of aryl methyl sites for hydroxylation is 2. The van der Waals surface area contributed by atoms with Crippen molar-refractivity contribution >= 4 is 46.3 Å². The highest BCUT2D eigenvalue weighted by molar-refractivity contribution is 7.13. The number of alkyl halides is 3. The minimum Gasteiger partial charge on any atom is -0.473 e. The first-order valence-corrected chi connectivity index (χ1v) is 28.3. The van der Waals surface area contributed by atoms with E-state index in [1.165, 1.54) is 23.2 Å². The lowest BCUT2D eigenvalue weighted by molar-refractivity contribution is -0.143. The van der Waals surface area contributed by atoms with Gasteiger partial charge in [-0.1, -0.05) is 44.2 Å². The second kappa shape index (κ2) is 28.4. The second-order valence-electron chi connectivity index (χ2n) is 20.8. The van der Waals surface area contributed by atoms with Crippen LogP contribution in [-0.4, -0.2) is 170 Å². The Morgan fingerprint density at radius 3 is 2.23 bits per heavy atom. The first kappa shape index (κ1) is 60.5. The van der Waals surface area contributed by atoms with Gasteiger partial charge in [0.25, 0.3) is 5.91 Å². The van der Waals surface area contributed by atoms with Gasteiger partial charge in [-0.15, -0.1) is 11.3 Å². The number of thiazole rings is 1. The van der Waals surface area contributed by atoms with Crippen LogP contribution in [0.15, 0.2) is 78.6 Å². The third-order valence-corrected chi connectivity index (χ3v) is 15.5. The minimum atomic E-state index is -4.58. The number of nitrogens with zero attached hydrogens (tertiary/aromatic N) is 6. The Balaban J connectivity index is 0.713. The van der Waals surface area contributed by atoms with Gasteiger partial charge in [0.2, 0.25) is 23.6 Å². The topological polar surface area (TPSA) is 219 Å². The Bertz CT molecular complexity index is 2920. The molecule has 19 nitrogen and oxygen atoms in total. The number of benzene rings is 2. The van der Waals surface area contributed by atoms with Crippen LogP contribution in [0, 0.1) is 19.8 Å². The van der Waals surface area contributed by atoms with Crippen LogP contribution in [0.5, 0.6) is 5.88 Å². The Morgan fingerprint density at radius 1 is 0.827 bits per heavy atom. The van der Waals surface area contributed by atoms with Crippen LogP contribution in [0.4, 0.5) is 24.5 Å². The molecule has 2 aromatic carbocycles. The van der Waals surface area contributed by atoms with Gasteiger partial charge in [0.1, 0.15) is 30.5 Å². The number of nitrogens with one attached hydrogen (secondary N) is 3. The molecular formula is C58H72F3N9O10S. The van der Waals surface area contributed by atoms with Crippen molar-refractivity contribution in [2.45, 2.75) is 90.4 Å². The molecule has 0 bridgehead atoms. The molecule has 5 aromatic rings.